The van der Waals surface area contributed by atoms with Gasteiger partial charge in [-0.25, -0.2) is 0 Å². The Hall–Kier alpha value is -2.10. The second-order valence-corrected chi connectivity index (χ2v) is 7.39. The zero-order valence-electron chi connectivity index (χ0n) is 14.4. The van der Waals surface area contributed by atoms with E-state index in [1.807, 2.05) is 31.2 Å². The van der Waals surface area contributed by atoms with Crippen molar-refractivity contribution in [3.8, 4) is 0 Å². The fourth-order valence-corrected chi connectivity index (χ4v) is 4.08. The van der Waals surface area contributed by atoms with Crippen LogP contribution in [-0.2, 0) is 9.59 Å². The van der Waals surface area contributed by atoms with Gasteiger partial charge in [-0.05, 0) is 42.2 Å². The molecule has 1 amide bonds. The van der Waals surface area contributed by atoms with Crippen LogP contribution in [0.15, 0.2) is 36.4 Å². The van der Waals surface area contributed by atoms with Crippen molar-refractivity contribution in [1.29, 1.82) is 0 Å². The monoisotopic (exact) mass is 327 g/mol. The molecule has 0 saturated heterocycles. The fourth-order valence-electron chi connectivity index (χ4n) is 4.08. The zero-order valence-corrected chi connectivity index (χ0v) is 14.4. The van der Waals surface area contributed by atoms with E-state index in [2.05, 4.69) is 31.3 Å². The van der Waals surface area contributed by atoms with Gasteiger partial charge in [0.15, 0.2) is 0 Å². The lowest BCUT2D eigenvalue weighted by atomic mass is 9.82. The van der Waals surface area contributed by atoms with Crippen molar-refractivity contribution in [2.75, 3.05) is 0 Å². The van der Waals surface area contributed by atoms with Gasteiger partial charge in [0.2, 0.25) is 5.91 Å². The van der Waals surface area contributed by atoms with Gasteiger partial charge in [0.05, 0.1) is 17.9 Å². The van der Waals surface area contributed by atoms with Gasteiger partial charge in [-0.15, -0.1) is 0 Å². The Morgan fingerprint density at radius 3 is 2.08 bits per heavy atom. The number of carboxylic acid groups (broad SMARTS) is 1. The molecule has 2 bridgehead atoms. The molecular weight excluding hydrogens is 302 g/mol. The minimum Gasteiger partial charge on any atom is -0.481 e. The van der Waals surface area contributed by atoms with Crippen LogP contribution in [0.2, 0.25) is 0 Å². The molecule has 5 atom stereocenters. The number of benzene rings is 1. The van der Waals surface area contributed by atoms with Crippen LogP contribution < -0.4 is 5.32 Å². The van der Waals surface area contributed by atoms with E-state index in [4.69, 9.17) is 0 Å². The molecule has 4 nitrogen and oxygen atoms in total. The molecule has 0 unspecified atom stereocenters. The summed E-state index contributed by atoms with van der Waals surface area (Å²) in [7, 11) is 0. The van der Waals surface area contributed by atoms with Crippen LogP contribution in [0.5, 0.6) is 0 Å². The number of hydrogen-bond donors (Lipinski definition) is 2. The third-order valence-electron chi connectivity index (χ3n) is 5.51. The van der Waals surface area contributed by atoms with Gasteiger partial charge in [-0.3, -0.25) is 9.59 Å². The molecule has 1 saturated carbocycles. The maximum Gasteiger partial charge on any atom is 0.307 e. The number of aliphatic carboxylic acids is 1. The molecule has 128 valence electrons. The first kappa shape index (κ1) is 16.7. The Balaban J connectivity index is 1.70. The van der Waals surface area contributed by atoms with Crippen LogP contribution in [0, 0.1) is 23.7 Å². The topological polar surface area (TPSA) is 66.4 Å². The number of carbonyl (C=O) groups is 2. The van der Waals surface area contributed by atoms with Crippen LogP contribution in [0.4, 0.5) is 0 Å². The Morgan fingerprint density at radius 2 is 1.54 bits per heavy atom. The van der Waals surface area contributed by atoms with Gasteiger partial charge < -0.3 is 10.4 Å². The summed E-state index contributed by atoms with van der Waals surface area (Å²) < 4.78 is 0. The number of carboxylic acids is 1. The molecular formula is C20H25NO3. The van der Waals surface area contributed by atoms with Crippen LogP contribution >= 0.6 is 0 Å². The Kier molecular flexibility index (Phi) is 4.48. The fraction of sp³-hybridized carbons (Fsp3) is 0.500. The van der Waals surface area contributed by atoms with Gasteiger partial charge in [-0.2, -0.15) is 0 Å². The first-order chi connectivity index (χ1) is 11.4. The number of allylic oxidation sites excluding steroid dienone is 2. The predicted molar refractivity (Wildman–Crippen MR) is 92.4 cm³/mol. The van der Waals surface area contributed by atoms with E-state index < -0.39 is 17.8 Å². The predicted octanol–water partition coefficient (Wildman–Crippen LogP) is 3.51. The lowest BCUT2D eigenvalue weighted by molar-refractivity contribution is -0.148. The van der Waals surface area contributed by atoms with Crippen molar-refractivity contribution in [2.24, 2.45) is 23.7 Å². The summed E-state index contributed by atoms with van der Waals surface area (Å²) in [6.07, 6.45) is 4.75. The van der Waals surface area contributed by atoms with E-state index in [1.54, 1.807) is 0 Å². The highest BCUT2D eigenvalue weighted by Gasteiger charge is 2.51. The van der Waals surface area contributed by atoms with Crippen LogP contribution in [0.25, 0.3) is 0 Å². The quantitative estimate of drug-likeness (QED) is 0.813. The number of rotatable bonds is 5. The minimum atomic E-state index is -0.860. The summed E-state index contributed by atoms with van der Waals surface area (Å²) in [6.45, 7) is 6.24. The molecule has 0 aliphatic heterocycles. The van der Waals surface area contributed by atoms with Crippen molar-refractivity contribution >= 4 is 11.9 Å². The molecule has 0 heterocycles. The van der Waals surface area contributed by atoms with Crippen molar-refractivity contribution in [1.82, 2.24) is 5.32 Å². The van der Waals surface area contributed by atoms with Gasteiger partial charge >= 0.3 is 5.97 Å². The molecule has 0 spiro atoms. The van der Waals surface area contributed by atoms with Crippen molar-refractivity contribution in [3.05, 3.63) is 47.5 Å². The largest absolute Gasteiger partial charge is 0.481 e. The third-order valence-corrected chi connectivity index (χ3v) is 5.51. The zero-order chi connectivity index (χ0) is 17.4. The van der Waals surface area contributed by atoms with E-state index in [1.165, 1.54) is 5.56 Å². The van der Waals surface area contributed by atoms with E-state index in [0.29, 0.717) is 5.92 Å². The molecule has 1 fully saturated rings. The van der Waals surface area contributed by atoms with Crippen LogP contribution in [0.1, 0.15) is 50.3 Å². The number of amides is 1. The summed E-state index contributed by atoms with van der Waals surface area (Å²) in [6, 6.07) is 8.12. The average molecular weight is 327 g/mol. The van der Waals surface area contributed by atoms with Crippen molar-refractivity contribution in [2.45, 2.75) is 39.2 Å². The lowest BCUT2D eigenvalue weighted by Crippen LogP contribution is -2.41. The number of fused-ring (bicyclic) bond motifs is 2. The van der Waals surface area contributed by atoms with Crippen LogP contribution in [-0.4, -0.2) is 17.0 Å². The Morgan fingerprint density at radius 1 is 1.00 bits per heavy atom. The summed E-state index contributed by atoms with van der Waals surface area (Å²) >= 11 is 0. The Bertz CT molecular complexity index is 662. The molecule has 0 aromatic heterocycles. The highest BCUT2D eigenvalue weighted by atomic mass is 16.4. The first-order valence-corrected chi connectivity index (χ1v) is 8.70. The van der Waals surface area contributed by atoms with Crippen LogP contribution in [0.3, 0.4) is 0 Å². The van der Waals surface area contributed by atoms with Gasteiger partial charge in [0, 0.05) is 0 Å². The molecule has 24 heavy (non-hydrogen) atoms. The maximum absolute atomic E-state index is 12.7. The highest BCUT2D eigenvalue weighted by molar-refractivity contribution is 5.87. The summed E-state index contributed by atoms with van der Waals surface area (Å²) in [5.74, 6) is -1.50. The molecule has 2 aliphatic carbocycles. The van der Waals surface area contributed by atoms with Gasteiger partial charge in [0.1, 0.15) is 0 Å². The molecule has 0 radical (unpaired) electrons. The van der Waals surface area contributed by atoms with E-state index >= 15 is 0 Å². The lowest BCUT2D eigenvalue weighted by Gasteiger charge is -2.26. The van der Waals surface area contributed by atoms with Crippen molar-refractivity contribution in [3.63, 3.8) is 0 Å². The SMILES string of the molecule is CC(C)c1ccc([C@H](C)NC(=O)[C@H]2[C@@H](C(=O)O)[C@H]3C=C[C@H]2C3)cc1. The smallest absolute Gasteiger partial charge is 0.307 e. The third kappa shape index (κ3) is 2.97. The van der Waals surface area contributed by atoms with E-state index in [0.717, 1.165) is 12.0 Å². The second kappa shape index (κ2) is 6.42. The van der Waals surface area contributed by atoms with E-state index in [9.17, 15) is 14.7 Å². The molecule has 2 aliphatic rings. The maximum atomic E-state index is 12.7. The standard InChI is InChI=1S/C20H25NO3/c1-11(2)13-4-6-14(7-5-13)12(3)21-19(22)17-15-8-9-16(10-15)18(17)20(23)24/h4-9,11-12,15-18H,10H2,1-3H3,(H,21,22)(H,23,24)/t12-,15-,16-,17+,18-/m0/s1. The first-order valence-electron chi connectivity index (χ1n) is 8.70. The highest BCUT2D eigenvalue weighted by Crippen LogP contribution is 2.48. The normalized spacial score (nSPS) is 29.0. The molecule has 4 heteroatoms. The molecule has 2 N–H and O–H groups in total. The molecule has 3 rings (SSSR count). The second-order valence-electron chi connectivity index (χ2n) is 7.39. The molecule has 1 aromatic rings. The number of nitrogens with one attached hydrogen (secondary N) is 1. The van der Waals surface area contributed by atoms with Gasteiger partial charge in [0.25, 0.3) is 0 Å². The number of carbonyl (C=O) groups excluding carboxylic acids is 1. The van der Waals surface area contributed by atoms with Gasteiger partial charge in [-0.1, -0.05) is 50.3 Å². The average Bonchev–Trinajstić information content (AvgIpc) is 3.15. The Labute approximate surface area is 143 Å². The summed E-state index contributed by atoms with van der Waals surface area (Å²) in [5, 5.41) is 12.5. The number of hydrogen-bond acceptors (Lipinski definition) is 2. The van der Waals surface area contributed by atoms with Crippen molar-refractivity contribution < 1.29 is 14.7 Å². The molecule has 1 aromatic carbocycles. The summed E-state index contributed by atoms with van der Waals surface area (Å²) in [4.78, 5) is 24.3. The van der Waals surface area contributed by atoms with E-state index in [-0.39, 0.29) is 23.8 Å². The minimum absolute atomic E-state index is 0.00359. The summed E-state index contributed by atoms with van der Waals surface area (Å²) in [5.41, 5.74) is 2.31.